The number of ether oxygens (including phenoxy) is 2. The molecule has 0 spiro atoms. The van der Waals surface area contributed by atoms with Crippen molar-refractivity contribution < 1.29 is 53.5 Å². The van der Waals surface area contributed by atoms with Gasteiger partial charge in [-0.1, -0.05) is 18.2 Å². The van der Waals surface area contributed by atoms with E-state index in [0.29, 0.717) is 33.0 Å². The first-order valence-electron chi connectivity index (χ1n) is 17.4. The van der Waals surface area contributed by atoms with E-state index >= 15 is 0 Å². The zero-order valence-electron chi connectivity index (χ0n) is 31.7. The van der Waals surface area contributed by atoms with Crippen LogP contribution in [0.5, 0.6) is 11.5 Å². The van der Waals surface area contributed by atoms with Crippen LogP contribution in [0.15, 0.2) is 65.1 Å². The van der Waals surface area contributed by atoms with E-state index in [9.17, 15) is 39.6 Å². The van der Waals surface area contributed by atoms with Crippen molar-refractivity contribution in [3.05, 3.63) is 66.0 Å². The van der Waals surface area contributed by atoms with E-state index in [0.717, 1.165) is 15.5 Å². The summed E-state index contributed by atoms with van der Waals surface area (Å²) in [5.74, 6) is -4.53. The van der Waals surface area contributed by atoms with Gasteiger partial charge in [0.1, 0.15) is 76.3 Å². The van der Waals surface area contributed by atoms with Crippen molar-refractivity contribution in [1.82, 2.24) is 4.58 Å². The number of carbonyl (C=O) groups is 4. The van der Waals surface area contributed by atoms with Gasteiger partial charge in [0.2, 0.25) is 0 Å². The first-order valence-corrected chi connectivity index (χ1v) is 17.4. The van der Waals surface area contributed by atoms with E-state index in [1.165, 1.54) is 12.1 Å². The third-order valence-electron chi connectivity index (χ3n) is 8.90. The first-order chi connectivity index (χ1) is 27.0. The van der Waals surface area contributed by atoms with Gasteiger partial charge in [0.05, 0.1) is 22.6 Å². The second kappa shape index (κ2) is 17.0. The third kappa shape index (κ3) is 8.96. The number of hydrogen-bond acceptors (Lipinski definition) is 13. The number of rotatable bonds is 17. The lowest BCUT2D eigenvalue weighted by Gasteiger charge is -2.26. The predicted molar refractivity (Wildman–Crippen MR) is 215 cm³/mol. The highest BCUT2D eigenvalue weighted by molar-refractivity contribution is 6.09. The van der Waals surface area contributed by atoms with Crippen LogP contribution >= 0.6 is 0 Å². The second-order valence-corrected chi connectivity index (χ2v) is 13.4. The van der Waals surface area contributed by atoms with Crippen molar-refractivity contribution in [2.75, 3.05) is 99.5 Å². The summed E-state index contributed by atoms with van der Waals surface area (Å²) in [6.45, 7) is -2.89. The molecule has 57 heavy (non-hydrogen) atoms. The van der Waals surface area contributed by atoms with Crippen molar-refractivity contribution in [2.24, 2.45) is 0 Å². The van der Waals surface area contributed by atoms with Crippen LogP contribution in [0.3, 0.4) is 0 Å². The number of anilines is 6. The maximum absolute atomic E-state index is 11.9. The predicted octanol–water partition coefficient (Wildman–Crippen LogP) is 2.46. The zero-order valence-corrected chi connectivity index (χ0v) is 31.7. The number of para-hydroxylation sites is 2. The van der Waals surface area contributed by atoms with Crippen LogP contribution in [-0.4, -0.2) is 112 Å². The number of aliphatic carboxylic acids is 4. The highest BCUT2D eigenvalue weighted by atomic mass is 16.5. The summed E-state index contributed by atoms with van der Waals surface area (Å²) in [7, 11) is 7.30. The van der Waals surface area contributed by atoms with Gasteiger partial charge < -0.3 is 66.2 Å². The highest BCUT2D eigenvalue weighted by Crippen LogP contribution is 2.48. The van der Waals surface area contributed by atoms with Crippen molar-refractivity contribution in [3.63, 3.8) is 0 Å². The standard InChI is InChI=1S/C39H43N7O11/c1-43(2)22-10-11-23-27(16-22)57-39-34(35(40)36(41)38(37(39)42)44(3)4)33(23)21-9-12-25(46(19-31(51)52)20-32(53)54)28(15-21)56-14-13-55-26-8-6-5-7-24(26)45(17-29(47)48)18-30(49)50/h5-12,15-16,40H,13-14,17-20,41-42H2,1-4H3,(H4,47,48,49,50,51,52,53,54)/p+1. The molecule has 0 fully saturated rings. The Labute approximate surface area is 326 Å². The Balaban J connectivity index is 1.66. The topological polar surface area (TPSA) is 272 Å². The molecule has 0 amide bonds. The van der Waals surface area contributed by atoms with E-state index in [2.05, 4.69) is 0 Å². The minimum atomic E-state index is -1.28. The molecule has 1 heterocycles. The summed E-state index contributed by atoms with van der Waals surface area (Å²) in [5.41, 5.74) is 23.8. The summed E-state index contributed by atoms with van der Waals surface area (Å²) in [6, 6.07) is 16.7. The lowest BCUT2D eigenvalue weighted by Crippen LogP contribution is -2.35. The van der Waals surface area contributed by atoms with E-state index < -0.39 is 50.1 Å². The van der Waals surface area contributed by atoms with Gasteiger partial charge in [-0.05, 0) is 42.0 Å². The molecule has 0 atom stereocenters. The Morgan fingerprint density at radius 2 is 1.21 bits per heavy atom. The number of nitrogens with two attached hydrogens (primary N) is 3. The molecular formula is C39H44N7O11+. The summed E-state index contributed by atoms with van der Waals surface area (Å²) < 4.78 is 20.4. The Morgan fingerprint density at radius 1 is 0.667 bits per heavy atom. The molecule has 0 bridgehead atoms. The van der Waals surface area contributed by atoms with Crippen LogP contribution in [0.2, 0.25) is 0 Å². The molecular weight excluding hydrogens is 742 g/mol. The average molecular weight is 787 g/mol. The fraction of sp³-hybridized carbons (Fsp3) is 0.256. The van der Waals surface area contributed by atoms with E-state index in [1.807, 2.05) is 37.2 Å². The van der Waals surface area contributed by atoms with Crippen molar-refractivity contribution >= 4 is 69.0 Å². The fourth-order valence-corrected chi connectivity index (χ4v) is 6.53. The maximum atomic E-state index is 11.9. The summed E-state index contributed by atoms with van der Waals surface area (Å²) in [6.07, 6.45) is 0. The minimum Gasteiger partial charge on any atom is -0.488 e. The smallest absolute Gasteiger partial charge is 0.323 e. The Hall–Kier alpha value is -7.37. The summed E-state index contributed by atoms with van der Waals surface area (Å²) >= 11 is 0. The molecule has 18 nitrogen and oxygen atoms in total. The lowest BCUT2D eigenvalue weighted by molar-refractivity contribution is -0.138. The van der Waals surface area contributed by atoms with Gasteiger partial charge in [-0.3, -0.25) is 19.2 Å². The largest absolute Gasteiger partial charge is 0.488 e. The van der Waals surface area contributed by atoms with Crippen molar-refractivity contribution in [1.29, 1.82) is 0 Å². The number of carboxylic acid groups (broad SMARTS) is 4. The average Bonchev–Trinajstić information content (AvgIpc) is 3.13. The van der Waals surface area contributed by atoms with Gasteiger partial charge in [0.15, 0.2) is 11.4 Å². The van der Waals surface area contributed by atoms with E-state index in [4.69, 9.17) is 31.1 Å². The van der Waals surface area contributed by atoms with Crippen LogP contribution in [0.1, 0.15) is 0 Å². The van der Waals surface area contributed by atoms with E-state index in [1.54, 1.807) is 49.0 Å². The molecule has 3 aromatic rings. The first kappa shape index (κ1) is 40.8. The number of carboxylic acids is 4. The van der Waals surface area contributed by atoms with Gasteiger partial charge >= 0.3 is 23.9 Å². The lowest BCUT2D eigenvalue weighted by atomic mass is 9.90. The molecule has 0 unspecified atom stereocenters. The molecule has 0 radical (unpaired) electrons. The summed E-state index contributed by atoms with van der Waals surface area (Å²) in [5, 5.41) is 39.3. The Kier molecular flexibility index (Phi) is 12.1. The minimum absolute atomic E-state index is 0.0849. The number of benzene rings is 4. The second-order valence-electron chi connectivity index (χ2n) is 13.4. The van der Waals surface area contributed by atoms with Gasteiger partial charge in [0.25, 0.3) is 5.36 Å². The molecule has 0 aromatic heterocycles. The van der Waals surface area contributed by atoms with Gasteiger partial charge in [0, 0.05) is 36.8 Å². The van der Waals surface area contributed by atoms with Crippen LogP contribution < -0.4 is 51.3 Å². The Morgan fingerprint density at radius 3 is 1.75 bits per heavy atom. The molecule has 5 rings (SSSR count). The highest BCUT2D eigenvalue weighted by Gasteiger charge is 2.29. The number of nitrogens with zero attached hydrogens (tertiary/aromatic N) is 4. The number of fused-ring (bicyclic) bond motifs is 2. The zero-order chi connectivity index (χ0) is 41.7. The van der Waals surface area contributed by atoms with Crippen LogP contribution in [0.25, 0.3) is 33.4 Å². The molecule has 1 aliphatic carbocycles. The molecule has 300 valence electrons. The molecule has 3 aromatic carbocycles. The SMILES string of the molecule is CN(C)c1ccc2c(-c3ccc(N(CC(=O)O)CC(=O)O)c(OCCOc4ccccc4N(CC(=O)O)CC(=O)O)c3)c3c(N)c(N)c(=[N+](C)C)c(N)c-3oc2c1. The third-order valence-corrected chi connectivity index (χ3v) is 8.90. The molecule has 0 saturated carbocycles. The molecule has 18 heteroatoms. The normalized spacial score (nSPS) is 10.9. The van der Waals surface area contributed by atoms with Crippen molar-refractivity contribution in [2.45, 2.75) is 0 Å². The number of nitrogen functional groups attached to an aromatic ring is 3. The van der Waals surface area contributed by atoms with Crippen molar-refractivity contribution in [3.8, 4) is 33.9 Å². The molecule has 1 aliphatic heterocycles. The molecule has 2 aliphatic rings. The maximum Gasteiger partial charge on any atom is 0.323 e. The summed E-state index contributed by atoms with van der Waals surface area (Å²) in [4.78, 5) is 51.0. The van der Waals surface area contributed by atoms with Gasteiger partial charge in [-0.15, -0.1) is 0 Å². The number of hydrogen-bond donors (Lipinski definition) is 7. The van der Waals surface area contributed by atoms with Crippen LogP contribution in [0.4, 0.5) is 34.1 Å². The fourth-order valence-electron chi connectivity index (χ4n) is 6.53. The molecule has 0 saturated heterocycles. The monoisotopic (exact) mass is 786 g/mol. The van der Waals surface area contributed by atoms with Gasteiger partial charge in [-0.25, -0.2) is 4.58 Å². The molecule has 10 N–H and O–H groups in total. The quantitative estimate of drug-likeness (QED) is 0.0309. The van der Waals surface area contributed by atoms with Gasteiger partial charge in [-0.2, -0.15) is 0 Å². The van der Waals surface area contributed by atoms with E-state index in [-0.39, 0.29) is 58.9 Å². The van der Waals surface area contributed by atoms with Crippen LogP contribution in [-0.2, 0) is 19.2 Å². The Bertz CT molecular complexity index is 2370. The van der Waals surface area contributed by atoms with Crippen LogP contribution in [0, 0.1) is 0 Å².